The average molecular weight is 1190 g/mol. The summed E-state index contributed by atoms with van der Waals surface area (Å²) in [4.78, 5) is 75.9. The predicted octanol–water partition coefficient (Wildman–Crippen LogP) is 9.10. The highest BCUT2D eigenvalue weighted by molar-refractivity contribution is 6.24. The molecule has 0 aliphatic carbocycles. The van der Waals surface area contributed by atoms with Crippen molar-refractivity contribution in [2.24, 2.45) is 28.7 Å². The number of benzene rings is 5. The van der Waals surface area contributed by atoms with E-state index in [1.807, 2.05) is 4.90 Å². The first-order chi connectivity index (χ1) is 41.6. The van der Waals surface area contributed by atoms with Crippen molar-refractivity contribution in [3.8, 4) is 23.0 Å². The molecule has 4 heterocycles. The number of aliphatic hydroxyl groups excluding tert-OH is 2. The van der Waals surface area contributed by atoms with E-state index in [4.69, 9.17) is 26.7 Å². The lowest BCUT2D eigenvalue weighted by Gasteiger charge is -2.38. The number of phenols is 3. The Morgan fingerprint density at radius 2 is 1.59 bits per heavy atom. The standard InChI is InChI=1S/C65H73F2N5O14/c1-33-16-15-17-34(2)62(80)71-53-44(32-68-42-24-27-72(28-25-42)48-23-22-41(66)31-46(48)69-64(82)47(30-40-18-11-10-12-19-40)70-63(81)43-20-13-14-21-45(43)67)57(77)50-51(58(53)78)56(76)38(6)60-52(50)61(79)65(8,86-60)84-29-26-49(83-9)35(3)59(85-39(7)73)37(5)55(75)36(4)54(33)74/h10-23,26,29,31-33,35-37,42,47,49,54-55,59,74-78H,24-25,27-28,30H2,1-9H3,(H,69,82)(H,70,81)(H,71,80)/b16-15+,29-26+,34-17-,68-32?/t33-,35+,36+,37+,47?,49-,54-,55+,59+,65-/m0/s1/i30D2. The fourth-order valence-electron chi connectivity index (χ4n) is 11.1. The summed E-state index contributed by atoms with van der Waals surface area (Å²) in [5.74, 6) is -13.3. The third-order valence-corrected chi connectivity index (χ3v) is 16.2. The van der Waals surface area contributed by atoms with Gasteiger partial charge < -0.3 is 65.3 Å². The lowest BCUT2D eigenvalue weighted by atomic mass is 9.78. The topological polar surface area (TPSA) is 275 Å². The fraction of sp³-hybridized carbons (Fsp3) is 0.385. The maximum absolute atomic E-state index is 15.1. The molecule has 1 unspecified atom stereocenters. The molecule has 0 saturated carbocycles. The van der Waals surface area contributed by atoms with Crippen LogP contribution in [-0.4, -0.2) is 124 Å². The van der Waals surface area contributed by atoms with Crippen LogP contribution in [0, 0.1) is 42.2 Å². The lowest BCUT2D eigenvalue weighted by molar-refractivity contribution is -0.160. The van der Waals surface area contributed by atoms with E-state index in [0.717, 1.165) is 18.4 Å². The number of carbonyl (C=O) groups excluding carboxylic acids is 5. The van der Waals surface area contributed by atoms with Crippen LogP contribution in [0.1, 0.15) is 101 Å². The number of aromatic hydroxyl groups is 3. The molecule has 1 fully saturated rings. The zero-order chi connectivity index (χ0) is 64.3. The molecule has 3 amide bonds. The van der Waals surface area contributed by atoms with E-state index in [1.165, 1.54) is 102 Å². The number of carbonyl (C=O) groups is 5. The van der Waals surface area contributed by atoms with Crippen LogP contribution < -0.4 is 25.6 Å². The molecule has 4 aliphatic heterocycles. The van der Waals surface area contributed by atoms with Crippen LogP contribution in [0.25, 0.3) is 10.8 Å². The van der Waals surface area contributed by atoms with Crippen molar-refractivity contribution >= 4 is 63.5 Å². The number of amides is 3. The number of hydrogen-bond donors (Lipinski definition) is 8. The molecule has 0 radical (unpaired) electrons. The third-order valence-electron chi connectivity index (χ3n) is 16.2. The maximum Gasteiger partial charge on any atom is 0.312 e. The summed E-state index contributed by atoms with van der Waals surface area (Å²) in [5, 5.41) is 66.7. The van der Waals surface area contributed by atoms with Gasteiger partial charge in [-0.2, -0.15) is 0 Å². The number of hydrogen-bond acceptors (Lipinski definition) is 16. The van der Waals surface area contributed by atoms with Gasteiger partial charge in [0.25, 0.3) is 17.6 Å². The molecule has 21 heteroatoms. The Hall–Kier alpha value is -8.66. The Bertz CT molecular complexity index is 3630. The number of nitrogens with zero attached hydrogens (tertiary/aromatic N) is 2. The van der Waals surface area contributed by atoms with Crippen molar-refractivity contribution in [3.63, 3.8) is 0 Å². The van der Waals surface area contributed by atoms with Crippen LogP contribution in [0.15, 0.2) is 114 Å². The number of piperidine rings is 1. The van der Waals surface area contributed by atoms with Crippen molar-refractivity contribution in [2.45, 2.75) is 117 Å². The molecule has 5 aromatic carbocycles. The number of Topliss-reactive ketones (excluding diaryl/α,β-unsaturated/α-hetero) is 1. The Labute approximate surface area is 499 Å². The number of methoxy groups -OCH3 is 1. The minimum absolute atomic E-state index is 0.0193. The second-order valence-corrected chi connectivity index (χ2v) is 22.2. The molecule has 8 N–H and O–H groups in total. The van der Waals surface area contributed by atoms with E-state index >= 15 is 4.39 Å². The van der Waals surface area contributed by atoms with E-state index in [0.29, 0.717) is 5.69 Å². The summed E-state index contributed by atoms with van der Waals surface area (Å²) in [5.41, 5.74) is -1.09. The quantitative estimate of drug-likeness (QED) is 0.0265. The van der Waals surface area contributed by atoms with Gasteiger partial charge >= 0.3 is 11.8 Å². The Balaban J connectivity index is 1.13. The van der Waals surface area contributed by atoms with Crippen LogP contribution in [0.2, 0.25) is 0 Å². The minimum atomic E-state index is -2.58. The zero-order valence-corrected chi connectivity index (χ0v) is 49.1. The zero-order valence-electron chi connectivity index (χ0n) is 51.1. The normalized spacial score (nSPS) is 26.3. The van der Waals surface area contributed by atoms with Crippen molar-refractivity contribution in [1.29, 1.82) is 0 Å². The first-order valence-electron chi connectivity index (χ1n) is 29.2. The third kappa shape index (κ3) is 13.4. The van der Waals surface area contributed by atoms with Gasteiger partial charge in [0.15, 0.2) is 5.75 Å². The minimum Gasteiger partial charge on any atom is -0.507 e. The number of esters is 1. The van der Waals surface area contributed by atoms with Gasteiger partial charge in [-0.1, -0.05) is 88.4 Å². The molecule has 456 valence electrons. The van der Waals surface area contributed by atoms with Gasteiger partial charge in [-0.25, -0.2) is 8.78 Å². The largest absolute Gasteiger partial charge is 0.507 e. The highest BCUT2D eigenvalue weighted by atomic mass is 19.1. The summed E-state index contributed by atoms with van der Waals surface area (Å²) in [6.07, 6.45) is 2.19. The molecule has 0 spiro atoms. The van der Waals surface area contributed by atoms with Gasteiger partial charge in [-0.05, 0) is 68.7 Å². The molecular formula is C65H73F2N5O14. The van der Waals surface area contributed by atoms with Crippen molar-refractivity contribution in [3.05, 3.63) is 148 Å². The highest BCUT2D eigenvalue weighted by Gasteiger charge is 2.50. The fourth-order valence-corrected chi connectivity index (χ4v) is 11.1. The molecule has 86 heavy (non-hydrogen) atoms. The maximum atomic E-state index is 15.1. The smallest absolute Gasteiger partial charge is 0.312 e. The first-order valence-corrected chi connectivity index (χ1v) is 28.2. The van der Waals surface area contributed by atoms with Gasteiger partial charge in [0, 0.05) is 89.6 Å². The van der Waals surface area contributed by atoms with E-state index in [9.17, 15) is 53.9 Å². The molecule has 0 aromatic heterocycles. The SMILES string of the molecule is [2H]C([2H])(c1ccccc1)C(NC(=O)c1ccccc1F)C(=O)Nc1cc(F)ccc1N1CCC(N=Cc2c3c(O)c4c(O)c(C)c5c(c4c2O)C(=O)[C@@](C)(O/C=C/[C@H](OC)[C@@H](C)[C@@H](OC(C)=O)[C@H](C)[C@H](O)[C@H](C)[C@@H](O)[C@@H](C)/C=C/C=C(/C)C(=O)N3)O5)CC1. The van der Waals surface area contributed by atoms with Crippen LogP contribution >= 0.6 is 0 Å². The first kappa shape index (κ1) is 60.5. The van der Waals surface area contributed by atoms with Crippen molar-refractivity contribution in [1.82, 2.24) is 5.32 Å². The van der Waals surface area contributed by atoms with Crippen LogP contribution in [0.3, 0.4) is 0 Å². The number of ketones is 1. The summed E-state index contributed by atoms with van der Waals surface area (Å²) in [6.45, 7) is 12.6. The number of aliphatic imine (C=N–C) groups is 1. The number of aliphatic hydroxyl groups is 2. The van der Waals surface area contributed by atoms with Crippen LogP contribution in [0.4, 0.5) is 25.8 Å². The van der Waals surface area contributed by atoms with Crippen LogP contribution in [-0.2, 0) is 35.0 Å². The van der Waals surface area contributed by atoms with Crippen LogP contribution in [0.5, 0.6) is 23.0 Å². The number of nitrogens with one attached hydrogen (secondary N) is 3. The van der Waals surface area contributed by atoms with E-state index in [2.05, 4.69) is 16.0 Å². The van der Waals surface area contributed by atoms with Gasteiger partial charge in [-0.3, -0.25) is 29.0 Å². The highest BCUT2D eigenvalue weighted by Crippen LogP contribution is 2.55. The van der Waals surface area contributed by atoms with Crippen molar-refractivity contribution in [2.75, 3.05) is 35.7 Å². The molecule has 9 rings (SSSR count). The Morgan fingerprint density at radius 3 is 2.27 bits per heavy atom. The molecule has 5 aromatic rings. The van der Waals surface area contributed by atoms with Gasteiger partial charge in [0.2, 0.25) is 5.91 Å². The number of fused-ring (bicyclic) bond motifs is 14. The number of ether oxygens (including phenoxy) is 4. The van der Waals surface area contributed by atoms with Gasteiger partial charge in [0.1, 0.15) is 41.0 Å². The molecule has 1 saturated heterocycles. The average Bonchev–Trinajstić information content (AvgIpc) is 1.49. The molecular weight excluding hydrogens is 1110 g/mol. The summed E-state index contributed by atoms with van der Waals surface area (Å²) in [7, 11) is 1.40. The number of rotatable bonds is 11. The predicted molar refractivity (Wildman–Crippen MR) is 319 cm³/mol. The summed E-state index contributed by atoms with van der Waals surface area (Å²) >= 11 is 0. The summed E-state index contributed by atoms with van der Waals surface area (Å²) in [6, 6.07) is 13.7. The molecule has 4 aliphatic rings. The van der Waals surface area contributed by atoms with Gasteiger partial charge in [-0.15, -0.1) is 0 Å². The monoisotopic (exact) mass is 1190 g/mol. The van der Waals surface area contributed by atoms with E-state index in [-0.39, 0.29) is 70.6 Å². The van der Waals surface area contributed by atoms with Crippen molar-refractivity contribution < 1.29 is 80.0 Å². The second-order valence-electron chi connectivity index (χ2n) is 22.2. The molecule has 19 nitrogen and oxygen atoms in total. The lowest BCUT2D eigenvalue weighted by Crippen LogP contribution is -2.46. The number of phenolic OH excluding ortho intramolecular Hbond substituents is 3. The number of halogens is 2. The van der Waals surface area contributed by atoms with Gasteiger partial charge in [0.05, 0.1) is 69.8 Å². The number of allylic oxidation sites excluding steroid dienone is 2. The van der Waals surface area contributed by atoms with E-state index in [1.54, 1.807) is 52.0 Å². The summed E-state index contributed by atoms with van der Waals surface area (Å²) < 4.78 is 71.9. The van der Waals surface area contributed by atoms with E-state index < -0.39 is 147 Å². The second kappa shape index (κ2) is 26.7. The number of anilines is 3. The molecule has 10 atom stereocenters. The Morgan fingerprint density at radius 1 is 0.907 bits per heavy atom. The Kier molecular flexibility index (Phi) is 18.8. The molecule has 5 bridgehead atoms.